The Morgan fingerprint density at radius 2 is 2.05 bits per heavy atom. The first-order valence-corrected chi connectivity index (χ1v) is 8.65. The molecule has 1 aromatic carbocycles. The number of fused-ring (bicyclic) bond motifs is 1. The molecule has 3 atom stereocenters. The lowest BCUT2D eigenvalue weighted by atomic mass is 10.0. The molecule has 1 N–H and O–H groups in total. The lowest BCUT2D eigenvalue weighted by molar-refractivity contribution is 0.407. The summed E-state index contributed by atoms with van der Waals surface area (Å²) in [5.41, 5.74) is 1.13. The van der Waals surface area contributed by atoms with Crippen LogP contribution in [0.2, 0.25) is 0 Å². The van der Waals surface area contributed by atoms with Crippen molar-refractivity contribution in [2.24, 2.45) is 5.92 Å². The molecule has 1 heterocycles. The van der Waals surface area contributed by atoms with Gasteiger partial charge in [-0.05, 0) is 44.2 Å². The molecule has 1 fully saturated rings. The second-order valence-corrected chi connectivity index (χ2v) is 7.28. The van der Waals surface area contributed by atoms with Crippen LogP contribution in [0.3, 0.4) is 0 Å². The molecule has 1 saturated carbocycles. The van der Waals surface area contributed by atoms with Crippen LogP contribution in [-0.4, -0.2) is 11.0 Å². The standard InChI is InChI=1S/C17H24N2S/c1-12-6-5-7-14(11-10-12)18-13(2)17-19-15-8-3-4-9-16(15)20-17/h3-4,8-9,12-14,18H,5-7,10-11H2,1-2H3. The molecule has 2 aromatic rings. The molecule has 0 spiro atoms. The number of rotatable bonds is 3. The highest BCUT2D eigenvalue weighted by molar-refractivity contribution is 7.18. The van der Waals surface area contributed by atoms with Crippen LogP contribution in [0.15, 0.2) is 24.3 Å². The predicted molar refractivity (Wildman–Crippen MR) is 87.2 cm³/mol. The van der Waals surface area contributed by atoms with E-state index in [1.807, 2.05) is 11.3 Å². The van der Waals surface area contributed by atoms with Gasteiger partial charge < -0.3 is 5.32 Å². The first-order chi connectivity index (χ1) is 9.72. The van der Waals surface area contributed by atoms with Crippen molar-refractivity contribution in [1.82, 2.24) is 10.3 Å². The average molecular weight is 288 g/mol. The van der Waals surface area contributed by atoms with E-state index in [1.165, 1.54) is 41.8 Å². The van der Waals surface area contributed by atoms with E-state index in [4.69, 9.17) is 4.98 Å². The third kappa shape index (κ3) is 3.21. The summed E-state index contributed by atoms with van der Waals surface area (Å²) in [6.07, 6.45) is 6.76. The van der Waals surface area contributed by atoms with E-state index >= 15 is 0 Å². The van der Waals surface area contributed by atoms with Gasteiger partial charge in [0.1, 0.15) is 5.01 Å². The third-order valence-electron chi connectivity index (χ3n) is 4.42. The normalized spacial score (nSPS) is 25.5. The fraction of sp³-hybridized carbons (Fsp3) is 0.588. The van der Waals surface area contributed by atoms with E-state index in [9.17, 15) is 0 Å². The third-order valence-corrected chi connectivity index (χ3v) is 5.64. The van der Waals surface area contributed by atoms with Crippen molar-refractivity contribution in [2.45, 2.75) is 58.0 Å². The number of para-hydroxylation sites is 1. The summed E-state index contributed by atoms with van der Waals surface area (Å²) in [4.78, 5) is 4.77. The Kier molecular flexibility index (Phi) is 4.37. The molecular weight excluding hydrogens is 264 g/mol. The molecule has 3 heteroatoms. The number of nitrogens with one attached hydrogen (secondary N) is 1. The zero-order chi connectivity index (χ0) is 13.9. The van der Waals surface area contributed by atoms with E-state index in [0.717, 1.165) is 11.4 Å². The fourth-order valence-corrected chi connectivity index (χ4v) is 4.13. The van der Waals surface area contributed by atoms with Crippen molar-refractivity contribution >= 4 is 21.6 Å². The van der Waals surface area contributed by atoms with Gasteiger partial charge in [0.15, 0.2) is 0 Å². The van der Waals surface area contributed by atoms with Gasteiger partial charge in [-0.3, -0.25) is 0 Å². The van der Waals surface area contributed by atoms with Gasteiger partial charge in [-0.15, -0.1) is 11.3 Å². The first kappa shape index (κ1) is 14.0. The van der Waals surface area contributed by atoms with Gasteiger partial charge >= 0.3 is 0 Å². The molecule has 20 heavy (non-hydrogen) atoms. The van der Waals surface area contributed by atoms with Gasteiger partial charge in [0.05, 0.1) is 16.3 Å². The van der Waals surface area contributed by atoms with Crippen LogP contribution in [0.25, 0.3) is 10.2 Å². The van der Waals surface area contributed by atoms with E-state index < -0.39 is 0 Å². The van der Waals surface area contributed by atoms with E-state index in [2.05, 4.69) is 43.4 Å². The molecule has 0 aliphatic heterocycles. The minimum atomic E-state index is 0.366. The highest BCUT2D eigenvalue weighted by Crippen LogP contribution is 2.28. The molecule has 108 valence electrons. The Morgan fingerprint density at radius 3 is 2.90 bits per heavy atom. The zero-order valence-electron chi connectivity index (χ0n) is 12.4. The number of hydrogen-bond acceptors (Lipinski definition) is 3. The minimum Gasteiger partial charge on any atom is -0.305 e. The number of hydrogen-bond donors (Lipinski definition) is 1. The number of aromatic nitrogens is 1. The first-order valence-electron chi connectivity index (χ1n) is 7.84. The van der Waals surface area contributed by atoms with Crippen LogP contribution in [0, 0.1) is 5.92 Å². The maximum Gasteiger partial charge on any atom is 0.111 e. The maximum absolute atomic E-state index is 4.77. The van der Waals surface area contributed by atoms with Gasteiger partial charge in [-0.25, -0.2) is 4.98 Å². The van der Waals surface area contributed by atoms with Crippen molar-refractivity contribution in [2.75, 3.05) is 0 Å². The highest BCUT2D eigenvalue weighted by atomic mass is 32.1. The Bertz CT molecular complexity index is 530. The van der Waals surface area contributed by atoms with E-state index in [-0.39, 0.29) is 0 Å². The fourth-order valence-electron chi connectivity index (χ4n) is 3.15. The Balaban J connectivity index is 1.67. The minimum absolute atomic E-state index is 0.366. The lowest BCUT2D eigenvalue weighted by Gasteiger charge is -2.20. The largest absolute Gasteiger partial charge is 0.305 e. The van der Waals surface area contributed by atoms with Crippen LogP contribution in [0.5, 0.6) is 0 Å². The molecule has 0 amide bonds. The van der Waals surface area contributed by atoms with Gasteiger partial charge in [0, 0.05) is 6.04 Å². The number of nitrogens with zero attached hydrogens (tertiary/aromatic N) is 1. The summed E-state index contributed by atoms with van der Waals surface area (Å²) < 4.78 is 1.30. The summed E-state index contributed by atoms with van der Waals surface area (Å²) >= 11 is 1.83. The molecule has 1 aliphatic rings. The summed E-state index contributed by atoms with van der Waals surface area (Å²) in [7, 11) is 0. The molecule has 0 radical (unpaired) electrons. The molecule has 3 unspecified atom stereocenters. The van der Waals surface area contributed by atoms with Gasteiger partial charge in [-0.2, -0.15) is 0 Å². The molecule has 2 nitrogen and oxygen atoms in total. The van der Waals surface area contributed by atoms with Crippen molar-refractivity contribution in [3.05, 3.63) is 29.3 Å². The van der Waals surface area contributed by atoms with Crippen LogP contribution in [-0.2, 0) is 0 Å². The molecule has 3 rings (SSSR count). The Morgan fingerprint density at radius 1 is 1.20 bits per heavy atom. The molecule has 1 aliphatic carbocycles. The Hall–Kier alpha value is -0.930. The van der Waals surface area contributed by atoms with Crippen LogP contribution < -0.4 is 5.32 Å². The number of thiazole rings is 1. The zero-order valence-corrected chi connectivity index (χ0v) is 13.2. The second kappa shape index (κ2) is 6.23. The predicted octanol–water partition coefficient (Wildman–Crippen LogP) is 4.92. The quantitative estimate of drug-likeness (QED) is 0.811. The van der Waals surface area contributed by atoms with Crippen molar-refractivity contribution in [3.63, 3.8) is 0 Å². The van der Waals surface area contributed by atoms with Crippen molar-refractivity contribution < 1.29 is 0 Å². The van der Waals surface area contributed by atoms with Crippen molar-refractivity contribution in [1.29, 1.82) is 0 Å². The summed E-state index contributed by atoms with van der Waals surface area (Å²) in [5, 5.41) is 5.03. The van der Waals surface area contributed by atoms with Gasteiger partial charge in [0.2, 0.25) is 0 Å². The molecular formula is C17H24N2S. The monoisotopic (exact) mass is 288 g/mol. The SMILES string of the molecule is CC1CCCC(NC(C)c2nc3ccccc3s2)CC1. The molecule has 1 aromatic heterocycles. The Labute approximate surface area is 125 Å². The summed E-state index contributed by atoms with van der Waals surface area (Å²) in [6.45, 7) is 4.64. The second-order valence-electron chi connectivity index (χ2n) is 6.22. The maximum atomic E-state index is 4.77. The van der Waals surface area contributed by atoms with Crippen molar-refractivity contribution in [3.8, 4) is 0 Å². The molecule has 0 saturated heterocycles. The van der Waals surface area contributed by atoms with Gasteiger partial charge in [0.25, 0.3) is 0 Å². The summed E-state index contributed by atoms with van der Waals surface area (Å²) in [6, 6.07) is 9.46. The van der Waals surface area contributed by atoms with Gasteiger partial charge in [-0.1, -0.05) is 31.9 Å². The van der Waals surface area contributed by atoms with E-state index in [0.29, 0.717) is 12.1 Å². The summed E-state index contributed by atoms with van der Waals surface area (Å²) in [5.74, 6) is 0.902. The number of benzene rings is 1. The van der Waals surface area contributed by atoms with E-state index in [1.54, 1.807) is 0 Å². The highest BCUT2D eigenvalue weighted by Gasteiger charge is 2.19. The molecule has 0 bridgehead atoms. The lowest BCUT2D eigenvalue weighted by Crippen LogP contribution is -2.31. The van der Waals surface area contributed by atoms with Crippen LogP contribution in [0.4, 0.5) is 0 Å². The van der Waals surface area contributed by atoms with Crippen LogP contribution in [0.1, 0.15) is 57.0 Å². The van der Waals surface area contributed by atoms with Crippen LogP contribution >= 0.6 is 11.3 Å². The topological polar surface area (TPSA) is 24.9 Å². The smallest absolute Gasteiger partial charge is 0.111 e. The average Bonchev–Trinajstić information content (AvgIpc) is 2.78.